The van der Waals surface area contributed by atoms with E-state index < -0.39 is 0 Å². The topological polar surface area (TPSA) is 29.9 Å². The molecule has 0 unspecified atom stereocenters. The molecule has 0 aliphatic rings. The second kappa shape index (κ2) is 8.20. The Hall–Kier alpha value is -1.32. The lowest BCUT2D eigenvalue weighted by molar-refractivity contribution is 0.646. The molecule has 0 fully saturated rings. The molecule has 114 valence electrons. The van der Waals surface area contributed by atoms with Gasteiger partial charge in [0, 0.05) is 36.9 Å². The molecule has 0 radical (unpaired) electrons. The second-order valence-corrected chi connectivity index (χ2v) is 5.72. The van der Waals surface area contributed by atoms with E-state index in [1.165, 1.54) is 5.56 Å². The number of hydrogen-bond donors (Lipinski definition) is 1. The summed E-state index contributed by atoms with van der Waals surface area (Å²) in [5.74, 6) is 1.10. The lowest BCUT2D eigenvalue weighted by Crippen LogP contribution is -2.14. The van der Waals surface area contributed by atoms with Gasteiger partial charge in [-0.1, -0.05) is 37.6 Å². The van der Waals surface area contributed by atoms with E-state index in [1.807, 2.05) is 12.4 Å². The summed E-state index contributed by atoms with van der Waals surface area (Å²) >= 11 is 6.38. The van der Waals surface area contributed by atoms with Gasteiger partial charge in [0.05, 0.1) is 0 Å². The van der Waals surface area contributed by atoms with Crippen LogP contribution >= 0.6 is 11.6 Å². The van der Waals surface area contributed by atoms with Crippen molar-refractivity contribution in [2.75, 3.05) is 6.54 Å². The van der Waals surface area contributed by atoms with E-state index in [9.17, 15) is 0 Å². The number of halogens is 1. The van der Waals surface area contributed by atoms with Gasteiger partial charge in [-0.3, -0.25) is 0 Å². The van der Waals surface area contributed by atoms with Crippen LogP contribution in [0, 0.1) is 0 Å². The molecular weight excluding hydrogens is 282 g/mol. The quantitative estimate of drug-likeness (QED) is 0.746. The zero-order valence-corrected chi connectivity index (χ0v) is 13.7. The molecule has 2 aromatic rings. The van der Waals surface area contributed by atoms with Crippen LogP contribution in [-0.4, -0.2) is 16.1 Å². The van der Waals surface area contributed by atoms with Crippen LogP contribution in [0.25, 0.3) is 0 Å². The third kappa shape index (κ3) is 4.58. The SMILES string of the molecule is CCCNCc1ccc(Cc2nccn2CCC)cc1Cl. The number of imidazole rings is 1. The van der Waals surface area contributed by atoms with Crippen LogP contribution in [0.4, 0.5) is 0 Å². The predicted octanol–water partition coefficient (Wildman–Crippen LogP) is 4.04. The number of nitrogens with one attached hydrogen (secondary N) is 1. The highest BCUT2D eigenvalue weighted by atomic mass is 35.5. The van der Waals surface area contributed by atoms with Crippen molar-refractivity contribution in [1.82, 2.24) is 14.9 Å². The first-order valence-electron chi connectivity index (χ1n) is 7.72. The predicted molar refractivity (Wildman–Crippen MR) is 88.8 cm³/mol. The first kappa shape index (κ1) is 16.1. The fourth-order valence-electron chi connectivity index (χ4n) is 2.38. The minimum atomic E-state index is 0.829. The summed E-state index contributed by atoms with van der Waals surface area (Å²) in [6, 6.07) is 6.34. The van der Waals surface area contributed by atoms with Crippen LogP contribution in [-0.2, 0) is 19.5 Å². The van der Waals surface area contributed by atoms with Gasteiger partial charge >= 0.3 is 0 Å². The van der Waals surface area contributed by atoms with Gasteiger partial charge < -0.3 is 9.88 Å². The summed E-state index contributed by atoms with van der Waals surface area (Å²) in [6.07, 6.45) is 7.00. The molecular formula is C17H24ClN3. The van der Waals surface area contributed by atoms with Gasteiger partial charge in [-0.15, -0.1) is 0 Å². The molecule has 21 heavy (non-hydrogen) atoms. The molecule has 0 spiro atoms. The minimum Gasteiger partial charge on any atom is -0.335 e. The Kier molecular flexibility index (Phi) is 6.27. The van der Waals surface area contributed by atoms with Crippen molar-refractivity contribution in [3.05, 3.63) is 52.6 Å². The van der Waals surface area contributed by atoms with Crippen molar-refractivity contribution in [3.8, 4) is 0 Å². The summed E-state index contributed by atoms with van der Waals surface area (Å²) in [5, 5.41) is 4.22. The molecule has 1 N–H and O–H groups in total. The highest BCUT2D eigenvalue weighted by molar-refractivity contribution is 6.31. The summed E-state index contributed by atoms with van der Waals surface area (Å²) < 4.78 is 2.21. The van der Waals surface area contributed by atoms with Crippen LogP contribution in [0.1, 0.15) is 43.6 Å². The van der Waals surface area contributed by atoms with E-state index in [1.54, 1.807) is 0 Å². The average Bonchev–Trinajstić information content (AvgIpc) is 2.89. The van der Waals surface area contributed by atoms with Crippen molar-refractivity contribution in [2.24, 2.45) is 0 Å². The van der Waals surface area contributed by atoms with Crippen molar-refractivity contribution >= 4 is 11.6 Å². The van der Waals surface area contributed by atoms with Crippen LogP contribution in [0.5, 0.6) is 0 Å². The van der Waals surface area contributed by atoms with Crippen LogP contribution in [0.2, 0.25) is 5.02 Å². The first-order valence-corrected chi connectivity index (χ1v) is 8.10. The van der Waals surface area contributed by atoms with Gasteiger partial charge in [0.25, 0.3) is 0 Å². The molecule has 1 aromatic heterocycles. The van der Waals surface area contributed by atoms with Crippen molar-refractivity contribution in [1.29, 1.82) is 0 Å². The molecule has 2 rings (SSSR count). The molecule has 0 atom stereocenters. The lowest BCUT2D eigenvalue weighted by Gasteiger charge is -2.09. The van der Waals surface area contributed by atoms with Crippen molar-refractivity contribution in [2.45, 2.75) is 46.2 Å². The molecule has 3 nitrogen and oxygen atoms in total. The Morgan fingerprint density at radius 2 is 2.10 bits per heavy atom. The molecule has 0 aliphatic heterocycles. The summed E-state index contributed by atoms with van der Waals surface area (Å²) in [4.78, 5) is 4.45. The van der Waals surface area contributed by atoms with Gasteiger partial charge in [-0.2, -0.15) is 0 Å². The van der Waals surface area contributed by atoms with E-state index in [0.717, 1.165) is 55.3 Å². The zero-order valence-electron chi connectivity index (χ0n) is 12.9. The summed E-state index contributed by atoms with van der Waals surface area (Å²) in [6.45, 7) is 7.21. The maximum atomic E-state index is 6.38. The van der Waals surface area contributed by atoms with E-state index >= 15 is 0 Å². The third-order valence-corrected chi connectivity index (χ3v) is 3.84. The standard InChI is InChI=1S/C17H24ClN3/c1-3-7-19-13-15-6-5-14(11-16(15)18)12-17-20-8-10-21(17)9-4-2/h5-6,8,10-11,19H,3-4,7,9,12-13H2,1-2H3. The van der Waals surface area contributed by atoms with Crippen LogP contribution in [0.3, 0.4) is 0 Å². The fourth-order valence-corrected chi connectivity index (χ4v) is 2.65. The Morgan fingerprint density at radius 3 is 2.81 bits per heavy atom. The summed E-state index contributed by atoms with van der Waals surface area (Å²) in [5.41, 5.74) is 2.37. The van der Waals surface area contributed by atoms with E-state index in [2.05, 4.69) is 46.9 Å². The van der Waals surface area contributed by atoms with Gasteiger partial charge in [-0.25, -0.2) is 4.98 Å². The maximum Gasteiger partial charge on any atom is 0.113 e. The molecule has 0 aliphatic carbocycles. The number of benzene rings is 1. The van der Waals surface area contributed by atoms with E-state index in [0.29, 0.717) is 0 Å². The van der Waals surface area contributed by atoms with Gasteiger partial charge in [-0.05, 0) is 36.6 Å². The summed E-state index contributed by atoms with van der Waals surface area (Å²) in [7, 11) is 0. The molecule has 1 aromatic carbocycles. The van der Waals surface area contributed by atoms with Gasteiger partial charge in [0.2, 0.25) is 0 Å². The van der Waals surface area contributed by atoms with Gasteiger partial charge in [0.15, 0.2) is 0 Å². The lowest BCUT2D eigenvalue weighted by atomic mass is 10.1. The largest absolute Gasteiger partial charge is 0.335 e. The number of nitrogens with zero attached hydrogens (tertiary/aromatic N) is 2. The van der Waals surface area contributed by atoms with E-state index in [4.69, 9.17) is 11.6 Å². The molecule has 4 heteroatoms. The Balaban J connectivity index is 2.04. The zero-order chi connectivity index (χ0) is 15.1. The molecule has 1 heterocycles. The monoisotopic (exact) mass is 305 g/mol. The molecule has 0 saturated carbocycles. The van der Waals surface area contributed by atoms with E-state index in [-0.39, 0.29) is 0 Å². The van der Waals surface area contributed by atoms with Gasteiger partial charge in [0.1, 0.15) is 5.82 Å². The average molecular weight is 306 g/mol. The highest BCUT2D eigenvalue weighted by Crippen LogP contribution is 2.19. The Morgan fingerprint density at radius 1 is 1.24 bits per heavy atom. The van der Waals surface area contributed by atoms with Crippen molar-refractivity contribution < 1.29 is 0 Å². The minimum absolute atomic E-state index is 0.829. The number of hydrogen-bond acceptors (Lipinski definition) is 2. The van der Waals surface area contributed by atoms with Crippen LogP contribution < -0.4 is 5.32 Å². The second-order valence-electron chi connectivity index (χ2n) is 5.32. The fraction of sp³-hybridized carbons (Fsp3) is 0.471. The molecule has 0 bridgehead atoms. The normalized spacial score (nSPS) is 11.0. The number of rotatable bonds is 8. The third-order valence-electron chi connectivity index (χ3n) is 3.49. The molecule has 0 saturated heterocycles. The molecule has 0 amide bonds. The number of aromatic nitrogens is 2. The highest BCUT2D eigenvalue weighted by Gasteiger charge is 2.06. The Labute approximate surface area is 132 Å². The Bertz CT molecular complexity index is 563. The maximum absolute atomic E-state index is 6.38. The smallest absolute Gasteiger partial charge is 0.113 e. The number of aryl methyl sites for hydroxylation is 1. The van der Waals surface area contributed by atoms with Crippen LogP contribution in [0.15, 0.2) is 30.6 Å². The van der Waals surface area contributed by atoms with Crippen molar-refractivity contribution in [3.63, 3.8) is 0 Å². The first-order chi connectivity index (χ1) is 10.2.